The molecule has 3 aromatic rings. The second-order valence-corrected chi connectivity index (χ2v) is 7.52. The first kappa shape index (κ1) is 16.9. The number of amides is 1. The lowest BCUT2D eigenvalue weighted by atomic mass is 10.2. The number of thioether (sulfide) groups is 1. The van der Waals surface area contributed by atoms with Gasteiger partial charge in [0, 0.05) is 12.1 Å². The van der Waals surface area contributed by atoms with E-state index in [0.717, 1.165) is 21.4 Å². The van der Waals surface area contributed by atoms with Crippen LogP contribution in [0.2, 0.25) is 5.02 Å². The van der Waals surface area contributed by atoms with Crippen LogP contribution in [0.25, 0.3) is 11.3 Å². The van der Waals surface area contributed by atoms with Crippen LogP contribution < -0.4 is 5.32 Å². The van der Waals surface area contributed by atoms with Crippen molar-refractivity contribution in [3.8, 4) is 11.3 Å². The van der Waals surface area contributed by atoms with Crippen LogP contribution in [0.1, 0.15) is 5.01 Å². The highest BCUT2D eigenvalue weighted by molar-refractivity contribution is 7.99. The summed E-state index contributed by atoms with van der Waals surface area (Å²) < 4.78 is 1.95. The zero-order chi connectivity index (χ0) is 17.1. The van der Waals surface area contributed by atoms with E-state index in [2.05, 4.69) is 20.5 Å². The first-order valence-corrected chi connectivity index (χ1v) is 9.21. The molecule has 0 saturated heterocycles. The minimum absolute atomic E-state index is 0.132. The number of carbonyl (C=O) groups excluding carboxylic acids is 1. The first-order valence-electron chi connectivity index (χ1n) is 7.03. The number of benzene rings is 1. The minimum atomic E-state index is -0.132. The van der Waals surface area contributed by atoms with E-state index in [4.69, 9.17) is 11.6 Å². The van der Waals surface area contributed by atoms with Gasteiger partial charge in [0.1, 0.15) is 5.01 Å². The topological polar surface area (TPSA) is 72.7 Å². The Morgan fingerprint density at radius 1 is 1.33 bits per heavy atom. The van der Waals surface area contributed by atoms with Gasteiger partial charge in [-0.05, 0) is 24.6 Å². The zero-order valence-electron chi connectivity index (χ0n) is 13.0. The van der Waals surface area contributed by atoms with Gasteiger partial charge in [0.25, 0.3) is 0 Å². The molecular formula is C15H14ClN5OS2. The molecule has 2 heterocycles. The SMILES string of the molecule is Cc1nnc(NC(=O)CSc2ncc(-c3ccc(Cl)cc3)n2C)s1. The van der Waals surface area contributed by atoms with Gasteiger partial charge < -0.3 is 4.57 Å². The normalized spacial score (nSPS) is 10.8. The number of imidazole rings is 1. The number of aryl methyl sites for hydroxylation is 1. The number of halogens is 1. The molecule has 0 radical (unpaired) electrons. The summed E-state index contributed by atoms with van der Waals surface area (Å²) in [6.07, 6.45) is 1.79. The quantitative estimate of drug-likeness (QED) is 0.685. The van der Waals surface area contributed by atoms with E-state index in [0.29, 0.717) is 10.2 Å². The highest BCUT2D eigenvalue weighted by Crippen LogP contribution is 2.26. The number of rotatable bonds is 5. The number of anilines is 1. The molecule has 3 rings (SSSR count). The molecule has 0 atom stereocenters. The van der Waals surface area contributed by atoms with Crippen LogP contribution in [0.4, 0.5) is 5.13 Å². The molecule has 1 aromatic carbocycles. The number of hydrogen-bond donors (Lipinski definition) is 1. The lowest BCUT2D eigenvalue weighted by Gasteiger charge is -2.06. The van der Waals surface area contributed by atoms with Gasteiger partial charge in [0.2, 0.25) is 11.0 Å². The summed E-state index contributed by atoms with van der Waals surface area (Å²) in [6, 6.07) is 7.57. The molecule has 0 fully saturated rings. The van der Waals surface area contributed by atoms with Gasteiger partial charge in [-0.1, -0.05) is 46.8 Å². The molecule has 2 aromatic heterocycles. The molecule has 124 valence electrons. The van der Waals surface area contributed by atoms with Crippen molar-refractivity contribution in [3.63, 3.8) is 0 Å². The standard InChI is InChI=1S/C15H14ClN5OS2/c1-9-19-20-14(24-9)18-13(22)8-23-15-17-7-12(21(15)2)10-3-5-11(16)6-4-10/h3-7H,8H2,1-2H3,(H,18,20,22). The van der Waals surface area contributed by atoms with E-state index in [1.165, 1.54) is 23.1 Å². The first-order chi connectivity index (χ1) is 11.5. The Balaban J connectivity index is 1.63. The average Bonchev–Trinajstić information content (AvgIpc) is 3.12. The van der Waals surface area contributed by atoms with Gasteiger partial charge >= 0.3 is 0 Å². The molecule has 0 aliphatic heterocycles. The minimum Gasteiger partial charge on any atom is -0.322 e. The highest BCUT2D eigenvalue weighted by atomic mass is 35.5. The van der Waals surface area contributed by atoms with Crippen molar-refractivity contribution >= 4 is 45.7 Å². The molecular weight excluding hydrogens is 366 g/mol. The smallest absolute Gasteiger partial charge is 0.236 e. The van der Waals surface area contributed by atoms with Crippen LogP contribution in [0.5, 0.6) is 0 Å². The van der Waals surface area contributed by atoms with Gasteiger partial charge in [-0.2, -0.15) is 0 Å². The third kappa shape index (κ3) is 3.95. The number of nitrogens with one attached hydrogen (secondary N) is 1. The molecule has 0 saturated carbocycles. The fourth-order valence-corrected chi connectivity index (χ4v) is 3.53. The molecule has 24 heavy (non-hydrogen) atoms. The molecule has 6 nitrogen and oxygen atoms in total. The van der Waals surface area contributed by atoms with Crippen LogP contribution in [0.15, 0.2) is 35.6 Å². The summed E-state index contributed by atoms with van der Waals surface area (Å²) in [4.78, 5) is 16.4. The van der Waals surface area contributed by atoms with E-state index < -0.39 is 0 Å². The van der Waals surface area contributed by atoms with E-state index >= 15 is 0 Å². The van der Waals surface area contributed by atoms with E-state index in [9.17, 15) is 4.79 Å². The summed E-state index contributed by atoms with van der Waals surface area (Å²) in [7, 11) is 1.92. The number of nitrogens with zero attached hydrogens (tertiary/aromatic N) is 4. The number of carbonyl (C=O) groups is 1. The summed E-state index contributed by atoms with van der Waals surface area (Å²) in [5, 5.41) is 13.3. The van der Waals surface area contributed by atoms with Crippen molar-refractivity contribution in [2.45, 2.75) is 12.1 Å². The average molecular weight is 380 g/mol. The Morgan fingerprint density at radius 2 is 2.08 bits per heavy atom. The third-order valence-corrected chi connectivity index (χ3v) is 5.24. The maximum atomic E-state index is 12.0. The molecule has 1 N–H and O–H groups in total. The molecule has 0 aliphatic rings. The summed E-state index contributed by atoms with van der Waals surface area (Å²) in [5.41, 5.74) is 1.99. The Morgan fingerprint density at radius 3 is 2.75 bits per heavy atom. The van der Waals surface area contributed by atoms with Crippen LogP contribution in [-0.4, -0.2) is 31.4 Å². The number of aromatic nitrogens is 4. The second-order valence-electron chi connectivity index (χ2n) is 4.96. The molecule has 9 heteroatoms. The van der Waals surface area contributed by atoms with E-state index in [-0.39, 0.29) is 11.7 Å². The Labute approximate surface area is 152 Å². The van der Waals surface area contributed by atoms with E-state index in [1.807, 2.05) is 42.8 Å². The van der Waals surface area contributed by atoms with Crippen molar-refractivity contribution in [2.24, 2.45) is 7.05 Å². The predicted octanol–water partition coefficient (Wildman–Crippen LogP) is 3.63. The maximum Gasteiger partial charge on any atom is 0.236 e. The van der Waals surface area contributed by atoms with Crippen molar-refractivity contribution in [3.05, 3.63) is 40.5 Å². The Bertz CT molecular complexity index is 859. The lowest BCUT2D eigenvalue weighted by Crippen LogP contribution is -2.14. The largest absolute Gasteiger partial charge is 0.322 e. The Kier molecular flexibility index (Phi) is 5.17. The summed E-state index contributed by atoms with van der Waals surface area (Å²) in [6.45, 7) is 1.84. The lowest BCUT2D eigenvalue weighted by molar-refractivity contribution is -0.113. The maximum absolute atomic E-state index is 12.0. The third-order valence-electron chi connectivity index (χ3n) is 3.19. The van der Waals surface area contributed by atoms with Crippen molar-refractivity contribution in [2.75, 3.05) is 11.1 Å². The van der Waals surface area contributed by atoms with E-state index in [1.54, 1.807) is 6.20 Å². The van der Waals surface area contributed by atoms with Gasteiger partial charge in [-0.15, -0.1) is 10.2 Å². The van der Waals surface area contributed by atoms with Crippen LogP contribution >= 0.6 is 34.7 Å². The summed E-state index contributed by atoms with van der Waals surface area (Å²) in [5.74, 6) is 0.121. The highest BCUT2D eigenvalue weighted by Gasteiger charge is 2.12. The molecule has 0 bridgehead atoms. The zero-order valence-corrected chi connectivity index (χ0v) is 15.4. The van der Waals surface area contributed by atoms with Crippen molar-refractivity contribution in [1.82, 2.24) is 19.7 Å². The number of hydrogen-bond acceptors (Lipinski definition) is 6. The summed E-state index contributed by atoms with van der Waals surface area (Å²) >= 11 is 8.64. The molecule has 0 spiro atoms. The fraction of sp³-hybridized carbons (Fsp3) is 0.200. The van der Waals surface area contributed by atoms with Gasteiger partial charge in [-0.3, -0.25) is 10.1 Å². The molecule has 0 unspecified atom stereocenters. The second kappa shape index (κ2) is 7.33. The van der Waals surface area contributed by atoms with Crippen LogP contribution in [0, 0.1) is 6.92 Å². The van der Waals surface area contributed by atoms with Crippen LogP contribution in [-0.2, 0) is 11.8 Å². The predicted molar refractivity (Wildman–Crippen MR) is 97.7 cm³/mol. The van der Waals surface area contributed by atoms with Crippen molar-refractivity contribution < 1.29 is 4.79 Å². The monoisotopic (exact) mass is 379 g/mol. The van der Waals surface area contributed by atoms with Gasteiger partial charge in [0.15, 0.2) is 5.16 Å². The van der Waals surface area contributed by atoms with Gasteiger partial charge in [-0.25, -0.2) is 4.98 Å². The van der Waals surface area contributed by atoms with Crippen molar-refractivity contribution in [1.29, 1.82) is 0 Å². The molecule has 0 aliphatic carbocycles. The van der Waals surface area contributed by atoms with Crippen LogP contribution in [0.3, 0.4) is 0 Å². The van der Waals surface area contributed by atoms with Gasteiger partial charge in [0.05, 0.1) is 17.6 Å². The Hall–Kier alpha value is -1.90. The fourth-order valence-electron chi connectivity index (χ4n) is 2.05. The molecule has 1 amide bonds.